The largest absolute Gasteiger partial charge is 0.361 e. The maximum Gasteiger partial charge on any atom is 0.267 e. The number of nitriles is 1. The molecule has 1 N–H and O–H groups in total. The monoisotopic (exact) mass is 396 g/mol. The van der Waals surface area contributed by atoms with Crippen molar-refractivity contribution in [3.8, 4) is 5.97 Å². The standard InChI is InChI=1S/C20H25BN4O3.CH4/c1-24(13-26)18-11-15(14-7-9-21(12-22)10-8-14)3-4-16(18)25(2)17-5-6-19(27)23-20(17)28;/h3-4,11,13-14,17H,5-10H2,1-2H3,(H,23,27,28);1H4. The van der Waals surface area contributed by atoms with Crippen molar-refractivity contribution >= 4 is 36.3 Å². The number of likely N-dealkylation sites (N-methyl/N-ethyl adjacent to an activating group) is 1. The van der Waals surface area contributed by atoms with Gasteiger partial charge in [-0.15, -0.1) is 0 Å². The van der Waals surface area contributed by atoms with Gasteiger partial charge >= 0.3 is 0 Å². The smallest absolute Gasteiger partial charge is 0.267 e. The molecule has 1 atom stereocenters. The zero-order chi connectivity index (χ0) is 20.3. The predicted molar refractivity (Wildman–Crippen MR) is 115 cm³/mol. The molecular weight excluding hydrogens is 367 g/mol. The molecule has 1 unspecified atom stereocenters. The molecule has 154 valence electrons. The zero-order valence-electron chi connectivity index (χ0n) is 16.4. The normalized spacial score (nSPS) is 19.6. The molecule has 1 aromatic carbocycles. The van der Waals surface area contributed by atoms with Crippen molar-refractivity contribution in [2.75, 3.05) is 23.9 Å². The van der Waals surface area contributed by atoms with E-state index in [0.717, 1.165) is 48.8 Å². The molecule has 2 aliphatic heterocycles. The van der Waals surface area contributed by atoms with Gasteiger partial charge in [0.1, 0.15) is 6.04 Å². The van der Waals surface area contributed by atoms with Crippen molar-refractivity contribution in [2.24, 2.45) is 0 Å². The fourth-order valence-corrected chi connectivity index (χ4v) is 4.21. The van der Waals surface area contributed by atoms with Crippen LogP contribution in [0.5, 0.6) is 0 Å². The van der Waals surface area contributed by atoms with Crippen molar-refractivity contribution in [2.45, 2.75) is 57.7 Å². The number of carbonyl (C=O) groups is 3. The number of benzene rings is 1. The van der Waals surface area contributed by atoms with Gasteiger partial charge in [-0.2, -0.15) is 0 Å². The lowest BCUT2D eigenvalue weighted by atomic mass is 9.41. The number of nitrogens with zero attached hydrogens (tertiary/aromatic N) is 3. The highest BCUT2D eigenvalue weighted by molar-refractivity contribution is 6.67. The van der Waals surface area contributed by atoms with Gasteiger partial charge in [-0.3, -0.25) is 19.7 Å². The topological polar surface area (TPSA) is 93.5 Å². The van der Waals surface area contributed by atoms with E-state index in [9.17, 15) is 14.4 Å². The zero-order valence-corrected chi connectivity index (χ0v) is 16.4. The lowest BCUT2D eigenvalue weighted by Crippen LogP contribution is -2.51. The third-order valence-corrected chi connectivity index (χ3v) is 5.98. The molecule has 2 saturated heterocycles. The average molecular weight is 396 g/mol. The second-order valence-corrected chi connectivity index (χ2v) is 7.72. The highest BCUT2D eigenvalue weighted by atomic mass is 16.2. The summed E-state index contributed by atoms with van der Waals surface area (Å²) in [6.45, 7) is 0.145. The Labute approximate surface area is 173 Å². The molecule has 0 aliphatic carbocycles. The number of anilines is 2. The summed E-state index contributed by atoms with van der Waals surface area (Å²) >= 11 is 0. The van der Waals surface area contributed by atoms with Crippen LogP contribution in [0.15, 0.2) is 18.2 Å². The number of carbonyl (C=O) groups excluding carboxylic acids is 3. The molecule has 2 aliphatic rings. The maximum absolute atomic E-state index is 12.3. The van der Waals surface area contributed by atoms with Crippen LogP contribution in [-0.2, 0) is 14.4 Å². The summed E-state index contributed by atoms with van der Waals surface area (Å²) in [4.78, 5) is 38.5. The number of imide groups is 1. The van der Waals surface area contributed by atoms with Crippen molar-refractivity contribution in [1.82, 2.24) is 5.32 Å². The van der Waals surface area contributed by atoms with E-state index in [1.165, 1.54) is 4.90 Å². The van der Waals surface area contributed by atoms with E-state index in [4.69, 9.17) is 5.26 Å². The van der Waals surface area contributed by atoms with Gasteiger partial charge in [0, 0.05) is 26.5 Å². The van der Waals surface area contributed by atoms with Gasteiger partial charge in [0.15, 0.2) is 0 Å². The van der Waals surface area contributed by atoms with E-state index >= 15 is 0 Å². The van der Waals surface area contributed by atoms with Gasteiger partial charge in [-0.25, -0.2) is 5.26 Å². The number of piperidine rings is 1. The minimum atomic E-state index is -0.451. The third-order valence-electron chi connectivity index (χ3n) is 5.98. The number of rotatable bonds is 5. The van der Waals surface area contributed by atoms with Gasteiger partial charge in [0.2, 0.25) is 18.2 Å². The van der Waals surface area contributed by atoms with Crippen LogP contribution in [0.1, 0.15) is 44.6 Å². The van der Waals surface area contributed by atoms with E-state index in [2.05, 4.69) is 17.4 Å². The number of amides is 3. The van der Waals surface area contributed by atoms with Crippen LogP contribution in [-0.4, -0.2) is 45.1 Å². The minimum absolute atomic E-state index is 0. The van der Waals surface area contributed by atoms with E-state index < -0.39 is 6.04 Å². The van der Waals surface area contributed by atoms with Crippen molar-refractivity contribution in [1.29, 1.82) is 5.26 Å². The molecule has 29 heavy (non-hydrogen) atoms. The summed E-state index contributed by atoms with van der Waals surface area (Å²) in [6.07, 6.45) is 5.24. The Kier molecular flexibility index (Phi) is 7.43. The third kappa shape index (κ3) is 4.79. The van der Waals surface area contributed by atoms with E-state index in [0.29, 0.717) is 18.8 Å². The number of hydrogen-bond acceptors (Lipinski definition) is 5. The van der Waals surface area contributed by atoms with Gasteiger partial charge in [0.25, 0.3) is 6.71 Å². The van der Waals surface area contributed by atoms with Crippen LogP contribution in [0.2, 0.25) is 12.6 Å². The highest BCUT2D eigenvalue weighted by Gasteiger charge is 2.32. The summed E-state index contributed by atoms with van der Waals surface area (Å²) in [6, 6.07) is 5.57. The molecule has 1 aromatic rings. The molecule has 0 radical (unpaired) electrons. The average Bonchev–Trinajstić information content (AvgIpc) is 2.72. The first-order valence-corrected chi connectivity index (χ1v) is 9.72. The Morgan fingerprint density at radius 1 is 1.17 bits per heavy atom. The SMILES string of the molecule is C.CN(C=O)c1cc(C2CCB(C#N)CC2)ccc1N(C)C1CCC(=O)NC1=O. The molecule has 0 aromatic heterocycles. The fourth-order valence-electron chi connectivity index (χ4n) is 4.21. The Bertz CT molecular complexity index is 815. The van der Waals surface area contributed by atoms with Crippen LogP contribution >= 0.6 is 0 Å². The Morgan fingerprint density at radius 3 is 2.45 bits per heavy atom. The summed E-state index contributed by atoms with van der Waals surface area (Å²) in [5, 5.41) is 11.5. The molecule has 8 heteroatoms. The molecule has 7 nitrogen and oxygen atoms in total. The summed E-state index contributed by atoms with van der Waals surface area (Å²) < 4.78 is 0. The molecule has 3 rings (SSSR count). The van der Waals surface area contributed by atoms with Crippen LogP contribution in [0.3, 0.4) is 0 Å². The second-order valence-electron chi connectivity index (χ2n) is 7.72. The van der Waals surface area contributed by atoms with Crippen molar-refractivity contribution in [3.05, 3.63) is 23.8 Å². The van der Waals surface area contributed by atoms with E-state index in [1.54, 1.807) is 7.05 Å². The Morgan fingerprint density at radius 2 is 1.86 bits per heavy atom. The predicted octanol–water partition coefficient (Wildman–Crippen LogP) is 2.59. The molecular formula is C21H29BN4O3. The first-order valence-electron chi connectivity index (χ1n) is 9.72. The van der Waals surface area contributed by atoms with E-state index in [-0.39, 0.29) is 26.0 Å². The molecule has 0 spiro atoms. The fraction of sp³-hybridized carbons (Fsp3) is 0.524. The van der Waals surface area contributed by atoms with E-state index in [1.807, 2.05) is 24.1 Å². The maximum atomic E-state index is 12.3. The van der Waals surface area contributed by atoms with Gasteiger partial charge in [-0.05, 0) is 30.0 Å². The first kappa shape index (κ1) is 22.5. The Hall–Kier alpha value is -2.82. The van der Waals surface area contributed by atoms with Crippen LogP contribution in [0, 0.1) is 11.2 Å². The number of nitrogens with one attached hydrogen (secondary N) is 1. The number of hydrogen-bond donors (Lipinski definition) is 1. The highest BCUT2D eigenvalue weighted by Crippen LogP contribution is 2.38. The van der Waals surface area contributed by atoms with Crippen molar-refractivity contribution < 1.29 is 14.4 Å². The van der Waals surface area contributed by atoms with Crippen LogP contribution < -0.4 is 15.1 Å². The molecule has 2 heterocycles. The minimum Gasteiger partial charge on any atom is -0.361 e. The summed E-state index contributed by atoms with van der Waals surface area (Å²) in [5.74, 6) is 2.18. The summed E-state index contributed by atoms with van der Waals surface area (Å²) in [5.41, 5.74) is 2.67. The van der Waals surface area contributed by atoms with Gasteiger partial charge in [0.05, 0.1) is 11.4 Å². The summed E-state index contributed by atoms with van der Waals surface area (Å²) in [7, 11) is 3.51. The first-order chi connectivity index (χ1) is 13.4. The lowest BCUT2D eigenvalue weighted by Gasteiger charge is -2.34. The molecule has 3 amide bonds. The van der Waals surface area contributed by atoms with Gasteiger partial charge < -0.3 is 9.80 Å². The molecule has 2 fully saturated rings. The van der Waals surface area contributed by atoms with Gasteiger partial charge in [-0.1, -0.05) is 39.0 Å². The van der Waals surface area contributed by atoms with Crippen LogP contribution in [0.4, 0.5) is 11.4 Å². The molecule has 0 saturated carbocycles. The Balaban J connectivity index is 0.00000300. The van der Waals surface area contributed by atoms with Crippen molar-refractivity contribution in [3.63, 3.8) is 0 Å². The quantitative estimate of drug-likeness (QED) is 0.469. The van der Waals surface area contributed by atoms with Crippen LogP contribution in [0.25, 0.3) is 0 Å². The second kappa shape index (κ2) is 9.59. The molecule has 0 bridgehead atoms. The lowest BCUT2D eigenvalue weighted by molar-refractivity contribution is -0.134.